The molecule has 0 N–H and O–H groups in total. The molecule has 0 aliphatic carbocycles. The maximum Gasteiger partial charge on any atom is 0.330 e. The summed E-state index contributed by atoms with van der Waals surface area (Å²) in [5, 5.41) is 11.2. The number of halogens is 1. The summed E-state index contributed by atoms with van der Waals surface area (Å²) in [6.45, 7) is 0.256. The fraction of sp³-hybridized carbons (Fsp3) is 0.190. The van der Waals surface area contributed by atoms with Gasteiger partial charge in [0.15, 0.2) is 0 Å². The number of urea groups is 1. The number of benzene rings is 2. The number of non-ortho nitro benzene ring substituents is 1. The van der Waals surface area contributed by atoms with E-state index in [2.05, 4.69) is 9.97 Å². The van der Waals surface area contributed by atoms with E-state index in [0.717, 1.165) is 0 Å². The number of carbonyl (C=O) groups excluding carboxylic acids is 1. The lowest BCUT2D eigenvalue weighted by Crippen LogP contribution is -2.47. The van der Waals surface area contributed by atoms with E-state index in [9.17, 15) is 14.9 Å². The lowest BCUT2D eigenvalue weighted by atomic mass is 10.1. The van der Waals surface area contributed by atoms with E-state index < -0.39 is 4.92 Å². The molecule has 11 heteroatoms. The van der Waals surface area contributed by atoms with Gasteiger partial charge in [-0.3, -0.25) is 19.9 Å². The van der Waals surface area contributed by atoms with Crippen molar-refractivity contribution in [2.24, 2.45) is 0 Å². The summed E-state index contributed by atoms with van der Waals surface area (Å²) in [5.74, 6) is 1.40. The Hall–Kier alpha value is -3.92. The number of hydrogen-bond acceptors (Lipinski definition) is 7. The molecule has 0 saturated heterocycles. The fourth-order valence-electron chi connectivity index (χ4n) is 3.44. The minimum absolute atomic E-state index is 0.00269. The first-order chi connectivity index (χ1) is 15.4. The maximum absolute atomic E-state index is 13.6. The molecule has 0 fully saturated rings. The van der Waals surface area contributed by atoms with Crippen molar-refractivity contribution in [3.05, 3.63) is 75.2 Å². The molecule has 1 aliphatic heterocycles. The van der Waals surface area contributed by atoms with Crippen LogP contribution in [-0.2, 0) is 13.1 Å². The second-order valence-corrected chi connectivity index (χ2v) is 7.28. The van der Waals surface area contributed by atoms with Crippen LogP contribution in [0.15, 0.2) is 48.7 Å². The standard InChI is InChI=1S/C21H18ClN5O5/c1-31-17-7-16(8-18(9-17)32-2)25-12-14-10-23-20(22)24-19(14)26(21(25)28)11-13-4-3-5-15(6-13)27(29)30/h3-10H,11-12H2,1-2H3. The molecule has 0 atom stereocenters. The van der Waals surface area contributed by atoms with Crippen LogP contribution in [0.4, 0.5) is 22.0 Å². The Morgan fingerprint density at radius 3 is 2.53 bits per heavy atom. The molecule has 3 aromatic rings. The van der Waals surface area contributed by atoms with E-state index in [-0.39, 0.29) is 30.1 Å². The SMILES string of the molecule is COc1cc(OC)cc(N2Cc3cnc(Cl)nc3N(Cc3cccc([N+](=O)[O-])c3)C2=O)c1. The normalized spacial score (nSPS) is 13.0. The molecule has 4 rings (SSSR count). The molecule has 0 spiro atoms. The van der Waals surface area contributed by atoms with Crippen molar-refractivity contribution < 1.29 is 19.2 Å². The highest BCUT2D eigenvalue weighted by Gasteiger charge is 2.34. The molecule has 164 valence electrons. The second-order valence-electron chi connectivity index (χ2n) is 6.94. The molecule has 1 aromatic heterocycles. The highest BCUT2D eigenvalue weighted by molar-refractivity contribution is 6.28. The van der Waals surface area contributed by atoms with Crippen LogP contribution < -0.4 is 19.3 Å². The highest BCUT2D eigenvalue weighted by Crippen LogP contribution is 2.35. The minimum atomic E-state index is -0.483. The molecule has 10 nitrogen and oxygen atoms in total. The maximum atomic E-state index is 13.6. The molecular weight excluding hydrogens is 438 g/mol. The lowest BCUT2D eigenvalue weighted by Gasteiger charge is -2.36. The van der Waals surface area contributed by atoms with Crippen molar-refractivity contribution in [3.63, 3.8) is 0 Å². The van der Waals surface area contributed by atoms with E-state index in [1.807, 2.05) is 0 Å². The van der Waals surface area contributed by atoms with Gasteiger partial charge in [-0.15, -0.1) is 0 Å². The number of nitro groups is 1. The van der Waals surface area contributed by atoms with Crippen molar-refractivity contribution in [2.75, 3.05) is 24.0 Å². The number of ether oxygens (including phenoxy) is 2. The van der Waals surface area contributed by atoms with Gasteiger partial charge in [-0.05, 0) is 17.2 Å². The van der Waals surface area contributed by atoms with Gasteiger partial charge in [0.2, 0.25) is 5.28 Å². The zero-order valence-corrected chi connectivity index (χ0v) is 17.9. The van der Waals surface area contributed by atoms with Crippen LogP contribution in [0.25, 0.3) is 0 Å². The molecule has 32 heavy (non-hydrogen) atoms. The third kappa shape index (κ3) is 4.12. The van der Waals surface area contributed by atoms with Crippen LogP contribution >= 0.6 is 11.6 Å². The number of amides is 2. The van der Waals surface area contributed by atoms with Crippen molar-refractivity contribution in [1.82, 2.24) is 9.97 Å². The molecule has 2 heterocycles. The molecule has 2 aromatic carbocycles. The third-order valence-electron chi connectivity index (χ3n) is 4.97. The van der Waals surface area contributed by atoms with E-state index in [1.165, 1.54) is 36.2 Å². The van der Waals surface area contributed by atoms with E-state index in [1.54, 1.807) is 36.5 Å². The number of hydrogen-bond donors (Lipinski definition) is 0. The van der Waals surface area contributed by atoms with Gasteiger partial charge in [0, 0.05) is 42.1 Å². The summed E-state index contributed by atoms with van der Waals surface area (Å²) < 4.78 is 10.7. The summed E-state index contributed by atoms with van der Waals surface area (Å²) in [4.78, 5) is 35.5. The second kappa shape index (κ2) is 8.67. The summed E-state index contributed by atoms with van der Waals surface area (Å²) in [6, 6.07) is 10.8. The zero-order valence-electron chi connectivity index (χ0n) is 17.2. The van der Waals surface area contributed by atoms with Crippen molar-refractivity contribution in [3.8, 4) is 11.5 Å². The average molecular weight is 456 g/mol. The highest BCUT2D eigenvalue weighted by atomic mass is 35.5. The Morgan fingerprint density at radius 2 is 1.88 bits per heavy atom. The minimum Gasteiger partial charge on any atom is -0.497 e. The summed E-state index contributed by atoms with van der Waals surface area (Å²) >= 11 is 6.00. The van der Waals surface area contributed by atoms with Crippen LogP contribution in [0.1, 0.15) is 11.1 Å². The Kier molecular flexibility index (Phi) is 5.78. The van der Waals surface area contributed by atoms with Crippen LogP contribution in [0.3, 0.4) is 0 Å². The number of aromatic nitrogens is 2. The Balaban J connectivity index is 1.77. The van der Waals surface area contributed by atoms with Gasteiger partial charge in [0.1, 0.15) is 17.3 Å². The van der Waals surface area contributed by atoms with Gasteiger partial charge in [0.25, 0.3) is 5.69 Å². The van der Waals surface area contributed by atoms with Crippen LogP contribution in [-0.4, -0.2) is 35.1 Å². The summed E-state index contributed by atoms with van der Waals surface area (Å²) in [6.07, 6.45) is 1.56. The first-order valence-electron chi connectivity index (χ1n) is 9.46. The van der Waals surface area contributed by atoms with Crippen molar-refractivity contribution in [2.45, 2.75) is 13.1 Å². The van der Waals surface area contributed by atoms with E-state index >= 15 is 0 Å². The smallest absolute Gasteiger partial charge is 0.330 e. The zero-order chi connectivity index (χ0) is 22.8. The van der Waals surface area contributed by atoms with E-state index in [0.29, 0.717) is 34.1 Å². The predicted octanol–water partition coefficient (Wildman–Crippen LogP) is 4.20. The van der Waals surface area contributed by atoms with Gasteiger partial charge >= 0.3 is 6.03 Å². The predicted molar refractivity (Wildman–Crippen MR) is 117 cm³/mol. The molecule has 0 bridgehead atoms. The van der Waals surface area contributed by atoms with Crippen molar-refractivity contribution >= 4 is 34.8 Å². The number of nitrogens with zero attached hydrogens (tertiary/aromatic N) is 5. The molecule has 0 radical (unpaired) electrons. The first-order valence-corrected chi connectivity index (χ1v) is 9.84. The van der Waals surface area contributed by atoms with Crippen molar-refractivity contribution in [1.29, 1.82) is 0 Å². The molecule has 0 saturated carbocycles. The monoisotopic (exact) mass is 455 g/mol. The molecular formula is C21H18ClN5O5. The summed E-state index contributed by atoms with van der Waals surface area (Å²) in [5.41, 5.74) is 1.72. The summed E-state index contributed by atoms with van der Waals surface area (Å²) in [7, 11) is 3.05. The molecule has 2 amide bonds. The number of methoxy groups -OCH3 is 2. The number of anilines is 2. The largest absolute Gasteiger partial charge is 0.497 e. The Labute approximate surface area is 188 Å². The first kappa shape index (κ1) is 21.3. The number of nitro benzene ring substituents is 1. The van der Waals surface area contributed by atoms with Gasteiger partial charge in [-0.2, -0.15) is 4.98 Å². The number of rotatable bonds is 6. The lowest BCUT2D eigenvalue weighted by molar-refractivity contribution is -0.384. The molecule has 1 aliphatic rings. The van der Waals surface area contributed by atoms with Crippen LogP contribution in [0.5, 0.6) is 11.5 Å². The van der Waals surface area contributed by atoms with Crippen LogP contribution in [0, 0.1) is 10.1 Å². The topological polar surface area (TPSA) is 111 Å². The van der Waals surface area contributed by atoms with Gasteiger partial charge in [-0.25, -0.2) is 9.78 Å². The Bertz CT molecular complexity index is 1180. The fourth-order valence-corrected chi connectivity index (χ4v) is 3.57. The van der Waals surface area contributed by atoms with E-state index in [4.69, 9.17) is 21.1 Å². The number of carbonyl (C=O) groups is 1. The average Bonchev–Trinajstić information content (AvgIpc) is 2.80. The van der Waals surface area contributed by atoms with Gasteiger partial charge < -0.3 is 9.47 Å². The molecule has 0 unspecified atom stereocenters. The van der Waals surface area contributed by atoms with Gasteiger partial charge in [0.05, 0.1) is 37.9 Å². The third-order valence-corrected chi connectivity index (χ3v) is 5.15. The Morgan fingerprint density at radius 1 is 1.16 bits per heavy atom. The quantitative estimate of drug-likeness (QED) is 0.311. The van der Waals surface area contributed by atoms with Gasteiger partial charge in [-0.1, -0.05) is 12.1 Å². The van der Waals surface area contributed by atoms with Crippen LogP contribution in [0.2, 0.25) is 5.28 Å². The number of fused-ring (bicyclic) bond motifs is 1.